The number of nitrogens with zero attached hydrogens (tertiary/aromatic N) is 3. The number of nitrogens with one attached hydrogen (secondary N) is 4. The van der Waals surface area contributed by atoms with Crippen LogP contribution >= 0.6 is 0 Å². The topological polar surface area (TPSA) is 132 Å². The van der Waals surface area contributed by atoms with Gasteiger partial charge in [-0.3, -0.25) is 5.10 Å². The van der Waals surface area contributed by atoms with Crippen LogP contribution in [0.25, 0.3) is 0 Å². The number of H-pyrrole nitrogens is 1. The lowest BCUT2D eigenvalue weighted by atomic mass is 10.1. The van der Waals surface area contributed by atoms with Gasteiger partial charge in [0.05, 0.1) is 18.3 Å². The molecule has 0 fully saturated rings. The number of benzene rings is 1. The Balaban J connectivity index is 2.04. The SMILES string of the molecule is CCC(C)NC(=O)NCc1nc([C@@H](CCc2ccccc2)NS(=O)(=O)CCCN(CC)CC)n[nH]1. The van der Waals surface area contributed by atoms with Gasteiger partial charge >= 0.3 is 6.03 Å². The zero-order chi connectivity index (χ0) is 25.7. The van der Waals surface area contributed by atoms with E-state index >= 15 is 0 Å². The van der Waals surface area contributed by atoms with Crippen LogP contribution in [-0.2, 0) is 23.0 Å². The Morgan fingerprint density at radius 1 is 1.14 bits per heavy atom. The quantitative estimate of drug-likeness (QED) is 0.276. The molecule has 11 heteroatoms. The molecule has 0 saturated heterocycles. The van der Waals surface area contributed by atoms with E-state index in [0.29, 0.717) is 30.9 Å². The molecule has 1 aromatic carbocycles. The molecule has 0 aliphatic carbocycles. The summed E-state index contributed by atoms with van der Waals surface area (Å²) in [6.45, 7) is 10.7. The number of urea groups is 1. The summed E-state index contributed by atoms with van der Waals surface area (Å²) < 4.78 is 28.6. The third-order valence-electron chi connectivity index (χ3n) is 5.94. The molecule has 0 aliphatic heterocycles. The van der Waals surface area contributed by atoms with Gasteiger partial charge in [0.1, 0.15) is 5.82 Å². The number of sulfonamides is 1. The Morgan fingerprint density at radius 3 is 2.51 bits per heavy atom. The molecule has 2 atom stereocenters. The first-order valence-electron chi connectivity index (χ1n) is 12.5. The lowest BCUT2D eigenvalue weighted by Gasteiger charge is -2.19. The summed E-state index contributed by atoms with van der Waals surface area (Å²) in [6, 6.07) is 9.10. The predicted octanol–water partition coefficient (Wildman–Crippen LogP) is 2.73. The molecular weight excluding hydrogens is 466 g/mol. The summed E-state index contributed by atoms with van der Waals surface area (Å²) in [5.74, 6) is 0.872. The van der Waals surface area contributed by atoms with Crippen molar-refractivity contribution in [3.63, 3.8) is 0 Å². The maximum absolute atomic E-state index is 12.9. The summed E-state index contributed by atoms with van der Waals surface area (Å²) in [4.78, 5) is 18.7. The molecule has 1 aromatic heterocycles. The highest BCUT2D eigenvalue weighted by atomic mass is 32.2. The first-order valence-corrected chi connectivity index (χ1v) is 14.1. The van der Waals surface area contributed by atoms with E-state index in [0.717, 1.165) is 31.6 Å². The molecule has 0 saturated carbocycles. The van der Waals surface area contributed by atoms with Crippen LogP contribution < -0.4 is 15.4 Å². The highest BCUT2D eigenvalue weighted by Crippen LogP contribution is 2.18. The van der Waals surface area contributed by atoms with Crippen LogP contribution in [0.1, 0.15) is 70.2 Å². The van der Waals surface area contributed by atoms with Crippen LogP contribution in [0.2, 0.25) is 0 Å². The number of aryl methyl sites for hydroxylation is 1. The molecule has 1 heterocycles. The Morgan fingerprint density at radius 2 is 1.86 bits per heavy atom. The van der Waals surface area contributed by atoms with E-state index in [2.05, 4.69) is 49.3 Å². The third-order valence-corrected chi connectivity index (χ3v) is 7.40. The summed E-state index contributed by atoms with van der Waals surface area (Å²) in [5.41, 5.74) is 1.11. The lowest BCUT2D eigenvalue weighted by Crippen LogP contribution is -2.40. The third kappa shape index (κ3) is 10.7. The molecule has 0 radical (unpaired) electrons. The van der Waals surface area contributed by atoms with Crippen molar-refractivity contribution in [3.05, 3.63) is 47.5 Å². The van der Waals surface area contributed by atoms with Gasteiger partial charge < -0.3 is 15.5 Å². The van der Waals surface area contributed by atoms with E-state index in [1.807, 2.05) is 44.2 Å². The minimum Gasteiger partial charge on any atom is -0.336 e. The number of rotatable bonds is 16. The molecule has 1 unspecified atom stereocenters. The number of amides is 2. The van der Waals surface area contributed by atoms with Crippen molar-refractivity contribution in [2.75, 3.05) is 25.4 Å². The van der Waals surface area contributed by atoms with Crippen molar-refractivity contribution in [1.29, 1.82) is 0 Å². The van der Waals surface area contributed by atoms with Gasteiger partial charge in [-0.05, 0) is 57.8 Å². The van der Waals surface area contributed by atoms with E-state index in [1.54, 1.807) is 0 Å². The normalized spacial score (nSPS) is 13.5. The van der Waals surface area contributed by atoms with Gasteiger partial charge in [0.2, 0.25) is 10.0 Å². The largest absolute Gasteiger partial charge is 0.336 e. The Labute approximate surface area is 209 Å². The number of hydrogen-bond donors (Lipinski definition) is 4. The number of carbonyl (C=O) groups excluding carboxylic acids is 1. The van der Waals surface area contributed by atoms with E-state index < -0.39 is 16.1 Å². The number of carbonyl (C=O) groups is 1. The minimum absolute atomic E-state index is 0.0416. The van der Waals surface area contributed by atoms with Gasteiger partial charge in [0.15, 0.2) is 5.82 Å². The first-order chi connectivity index (χ1) is 16.8. The smallest absolute Gasteiger partial charge is 0.315 e. The molecule has 0 aliphatic rings. The average molecular weight is 508 g/mol. The number of aromatic nitrogens is 3. The second kappa shape index (κ2) is 14.8. The summed E-state index contributed by atoms with van der Waals surface area (Å²) >= 11 is 0. The van der Waals surface area contributed by atoms with Crippen LogP contribution in [0.4, 0.5) is 4.79 Å². The Kier molecular flexibility index (Phi) is 12.1. The summed E-state index contributed by atoms with van der Waals surface area (Å²) in [6.07, 6.45) is 2.57. The zero-order valence-electron chi connectivity index (χ0n) is 21.4. The molecule has 4 N–H and O–H groups in total. The second-order valence-electron chi connectivity index (χ2n) is 8.67. The van der Waals surface area contributed by atoms with Gasteiger partial charge in [-0.1, -0.05) is 51.1 Å². The van der Waals surface area contributed by atoms with E-state index in [1.165, 1.54) is 0 Å². The van der Waals surface area contributed by atoms with E-state index in [9.17, 15) is 13.2 Å². The van der Waals surface area contributed by atoms with Crippen molar-refractivity contribution < 1.29 is 13.2 Å². The van der Waals surface area contributed by atoms with Crippen LogP contribution in [0.5, 0.6) is 0 Å². The molecule has 2 aromatic rings. The molecule has 0 bridgehead atoms. The summed E-state index contributed by atoms with van der Waals surface area (Å²) in [5, 5.41) is 12.7. The predicted molar refractivity (Wildman–Crippen MR) is 138 cm³/mol. The van der Waals surface area contributed by atoms with Crippen LogP contribution in [-0.4, -0.2) is 66.0 Å². The maximum atomic E-state index is 12.9. The molecule has 2 rings (SSSR count). The molecule has 35 heavy (non-hydrogen) atoms. The molecule has 196 valence electrons. The van der Waals surface area contributed by atoms with Gasteiger partial charge in [0.25, 0.3) is 0 Å². The van der Waals surface area contributed by atoms with Gasteiger partial charge in [0, 0.05) is 6.04 Å². The Bertz CT molecular complexity index is 978. The fourth-order valence-corrected chi connectivity index (χ4v) is 4.86. The van der Waals surface area contributed by atoms with Crippen LogP contribution in [0.15, 0.2) is 30.3 Å². The molecular formula is C24H41N7O3S. The van der Waals surface area contributed by atoms with Crippen molar-refractivity contribution >= 4 is 16.1 Å². The number of aromatic amines is 1. The van der Waals surface area contributed by atoms with Crippen molar-refractivity contribution in [2.45, 2.75) is 72.0 Å². The van der Waals surface area contributed by atoms with Crippen molar-refractivity contribution in [2.24, 2.45) is 0 Å². The van der Waals surface area contributed by atoms with Crippen molar-refractivity contribution in [1.82, 2.24) is 35.4 Å². The van der Waals surface area contributed by atoms with Crippen molar-refractivity contribution in [3.8, 4) is 0 Å². The van der Waals surface area contributed by atoms with Gasteiger partial charge in [-0.2, -0.15) is 5.10 Å². The molecule has 0 spiro atoms. The van der Waals surface area contributed by atoms with Gasteiger partial charge in [-0.25, -0.2) is 22.9 Å². The standard InChI is InChI=1S/C24H41N7O3S/c1-5-19(4)26-24(32)25-18-22-27-23(29-28-22)21(15-14-20-12-9-8-10-13-20)30-35(33,34)17-11-16-31(6-2)7-3/h8-10,12-13,19,21,30H,5-7,11,14-18H2,1-4H3,(H2,25,26,32)(H,27,28,29)/t19?,21-/m1/s1. The fraction of sp³-hybridized carbons (Fsp3) is 0.625. The molecule has 2 amide bonds. The monoisotopic (exact) mass is 507 g/mol. The molecule has 10 nitrogen and oxygen atoms in total. The Hall–Kier alpha value is -2.50. The fourth-order valence-electron chi connectivity index (χ4n) is 3.58. The van der Waals surface area contributed by atoms with E-state index in [-0.39, 0.29) is 24.4 Å². The number of hydrogen-bond acceptors (Lipinski definition) is 6. The first kappa shape index (κ1) is 28.7. The minimum atomic E-state index is -3.53. The van der Waals surface area contributed by atoms with Crippen LogP contribution in [0, 0.1) is 0 Å². The lowest BCUT2D eigenvalue weighted by molar-refractivity contribution is 0.237. The van der Waals surface area contributed by atoms with Gasteiger partial charge in [-0.15, -0.1) is 0 Å². The zero-order valence-corrected chi connectivity index (χ0v) is 22.2. The average Bonchev–Trinajstić information content (AvgIpc) is 3.32. The van der Waals surface area contributed by atoms with Crippen LogP contribution in [0.3, 0.4) is 0 Å². The summed E-state index contributed by atoms with van der Waals surface area (Å²) in [7, 11) is -3.53. The highest BCUT2D eigenvalue weighted by Gasteiger charge is 2.23. The second-order valence-corrected chi connectivity index (χ2v) is 10.5. The van der Waals surface area contributed by atoms with E-state index in [4.69, 9.17) is 0 Å². The maximum Gasteiger partial charge on any atom is 0.315 e. The highest BCUT2D eigenvalue weighted by molar-refractivity contribution is 7.89.